The van der Waals surface area contributed by atoms with Crippen molar-refractivity contribution in [3.05, 3.63) is 40.3 Å². The molecule has 0 radical (unpaired) electrons. The molecule has 94 valence electrons. The number of carbonyl (C=O) groups is 1. The van der Waals surface area contributed by atoms with Crippen molar-refractivity contribution in [1.29, 1.82) is 0 Å². The van der Waals surface area contributed by atoms with Crippen LogP contribution in [0.25, 0.3) is 10.9 Å². The number of pyridine rings is 1. The molecule has 0 atom stereocenters. The fourth-order valence-electron chi connectivity index (χ4n) is 1.76. The predicted octanol–water partition coefficient (Wildman–Crippen LogP) is 3.51. The Kier molecular flexibility index (Phi) is 3.48. The number of halogens is 2. The largest absolute Gasteiger partial charge is 0.462 e. The van der Waals surface area contributed by atoms with Crippen LogP contribution >= 0.6 is 11.6 Å². The molecule has 2 rings (SSSR count). The van der Waals surface area contributed by atoms with E-state index >= 15 is 0 Å². The van der Waals surface area contributed by atoms with Crippen molar-refractivity contribution in [2.24, 2.45) is 0 Å². The molecule has 0 unspecified atom stereocenters. The Bertz CT molecular complexity index is 628. The first-order chi connectivity index (χ1) is 8.54. The van der Waals surface area contributed by atoms with Crippen LogP contribution in [-0.2, 0) is 4.74 Å². The molecule has 0 saturated carbocycles. The number of benzene rings is 1. The molecular formula is C13H11ClFNO2. The van der Waals surface area contributed by atoms with Crippen molar-refractivity contribution >= 4 is 28.5 Å². The fraction of sp³-hybridized carbons (Fsp3) is 0.231. The lowest BCUT2D eigenvalue weighted by molar-refractivity contribution is 0.0526. The molecule has 0 aliphatic heterocycles. The smallest absolute Gasteiger partial charge is 0.341 e. The molecule has 0 aliphatic rings. The SMILES string of the molecule is CCOC(=O)c1cnc2c(C)cc(F)cc2c1Cl. The maximum absolute atomic E-state index is 13.4. The number of hydrogen-bond donors (Lipinski definition) is 0. The summed E-state index contributed by atoms with van der Waals surface area (Å²) in [7, 11) is 0. The number of hydrogen-bond acceptors (Lipinski definition) is 3. The highest BCUT2D eigenvalue weighted by Gasteiger charge is 2.16. The Morgan fingerprint density at radius 3 is 2.89 bits per heavy atom. The van der Waals surface area contributed by atoms with Gasteiger partial charge in [0.15, 0.2) is 0 Å². The van der Waals surface area contributed by atoms with Crippen LogP contribution in [0.2, 0.25) is 5.02 Å². The Morgan fingerprint density at radius 2 is 2.22 bits per heavy atom. The molecular weight excluding hydrogens is 257 g/mol. The maximum Gasteiger partial charge on any atom is 0.341 e. The lowest BCUT2D eigenvalue weighted by atomic mass is 10.1. The van der Waals surface area contributed by atoms with E-state index in [0.29, 0.717) is 16.5 Å². The molecule has 0 saturated heterocycles. The number of esters is 1. The molecule has 0 aliphatic carbocycles. The summed E-state index contributed by atoms with van der Waals surface area (Å²) in [6.07, 6.45) is 1.35. The van der Waals surface area contributed by atoms with Gasteiger partial charge in [0.2, 0.25) is 0 Å². The summed E-state index contributed by atoms with van der Waals surface area (Å²) in [4.78, 5) is 15.8. The zero-order valence-corrected chi connectivity index (χ0v) is 10.7. The minimum atomic E-state index is -0.557. The van der Waals surface area contributed by atoms with Gasteiger partial charge in [-0.3, -0.25) is 4.98 Å². The Morgan fingerprint density at radius 1 is 1.50 bits per heavy atom. The van der Waals surface area contributed by atoms with Crippen molar-refractivity contribution < 1.29 is 13.9 Å². The van der Waals surface area contributed by atoms with Crippen molar-refractivity contribution in [1.82, 2.24) is 4.98 Å². The molecule has 1 aromatic carbocycles. The normalized spacial score (nSPS) is 10.7. The zero-order valence-electron chi connectivity index (χ0n) is 9.96. The molecule has 18 heavy (non-hydrogen) atoms. The molecule has 0 amide bonds. The molecule has 1 heterocycles. The summed E-state index contributed by atoms with van der Waals surface area (Å²) >= 11 is 6.11. The van der Waals surface area contributed by atoms with E-state index in [2.05, 4.69) is 4.98 Å². The van der Waals surface area contributed by atoms with Crippen molar-refractivity contribution in [3.8, 4) is 0 Å². The highest BCUT2D eigenvalue weighted by atomic mass is 35.5. The van der Waals surface area contributed by atoms with Gasteiger partial charge in [0.25, 0.3) is 0 Å². The Hall–Kier alpha value is -1.68. The summed E-state index contributed by atoms with van der Waals surface area (Å²) in [6.45, 7) is 3.68. The maximum atomic E-state index is 13.4. The third-order valence-electron chi connectivity index (χ3n) is 2.56. The molecule has 0 bridgehead atoms. The number of rotatable bonds is 2. The van der Waals surface area contributed by atoms with Crippen molar-refractivity contribution in [2.45, 2.75) is 13.8 Å². The second-order valence-corrected chi connectivity index (χ2v) is 4.20. The molecule has 0 N–H and O–H groups in total. The number of aromatic nitrogens is 1. The summed E-state index contributed by atoms with van der Waals surface area (Å²) in [6, 6.07) is 2.64. The quantitative estimate of drug-likeness (QED) is 0.782. The highest BCUT2D eigenvalue weighted by Crippen LogP contribution is 2.28. The van der Waals surface area contributed by atoms with Crippen LogP contribution in [0, 0.1) is 12.7 Å². The standard InChI is InChI=1S/C13H11ClFNO2/c1-3-18-13(17)10-6-16-12-7(2)4-8(15)5-9(12)11(10)14/h4-6H,3H2,1-2H3. The van der Waals surface area contributed by atoms with Crippen LogP contribution in [-0.4, -0.2) is 17.6 Å². The van der Waals surface area contributed by atoms with E-state index in [4.69, 9.17) is 16.3 Å². The summed E-state index contributed by atoms with van der Waals surface area (Å²) in [5.74, 6) is -0.969. The summed E-state index contributed by atoms with van der Waals surface area (Å²) in [5.41, 5.74) is 1.40. The highest BCUT2D eigenvalue weighted by molar-refractivity contribution is 6.38. The second kappa shape index (κ2) is 4.90. The number of carbonyl (C=O) groups excluding carboxylic acids is 1. The third-order valence-corrected chi connectivity index (χ3v) is 2.96. The molecule has 0 fully saturated rings. The molecule has 5 heteroatoms. The van der Waals surface area contributed by atoms with Crippen LogP contribution in [0.1, 0.15) is 22.8 Å². The van der Waals surface area contributed by atoms with Gasteiger partial charge in [0.1, 0.15) is 5.82 Å². The summed E-state index contributed by atoms with van der Waals surface area (Å²) in [5, 5.41) is 0.584. The van der Waals surface area contributed by atoms with Crippen molar-refractivity contribution in [2.75, 3.05) is 6.61 Å². The van der Waals surface area contributed by atoms with Crippen LogP contribution < -0.4 is 0 Å². The molecule has 0 spiro atoms. The third kappa shape index (κ3) is 2.16. The van der Waals surface area contributed by atoms with E-state index < -0.39 is 11.8 Å². The van der Waals surface area contributed by atoms with E-state index in [1.54, 1.807) is 13.8 Å². The Labute approximate surface area is 109 Å². The van der Waals surface area contributed by atoms with Gasteiger partial charge in [-0.05, 0) is 31.5 Å². The predicted molar refractivity (Wildman–Crippen MR) is 67.4 cm³/mol. The fourth-order valence-corrected chi connectivity index (χ4v) is 2.03. The second-order valence-electron chi connectivity index (χ2n) is 3.83. The average Bonchev–Trinajstić information content (AvgIpc) is 2.30. The molecule has 1 aromatic heterocycles. The number of aryl methyl sites for hydroxylation is 1. The average molecular weight is 268 g/mol. The molecule has 3 nitrogen and oxygen atoms in total. The zero-order chi connectivity index (χ0) is 13.3. The van der Waals surface area contributed by atoms with Crippen LogP contribution in [0.5, 0.6) is 0 Å². The van der Waals surface area contributed by atoms with E-state index in [1.807, 2.05) is 0 Å². The van der Waals surface area contributed by atoms with Gasteiger partial charge in [-0.25, -0.2) is 9.18 Å². The first-order valence-electron chi connectivity index (χ1n) is 5.46. The number of nitrogens with zero attached hydrogens (tertiary/aromatic N) is 1. The number of fused-ring (bicyclic) bond motifs is 1. The van der Waals surface area contributed by atoms with Gasteiger partial charge in [-0.15, -0.1) is 0 Å². The minimum Gasteiger partial charge on any atom is -0.462 e. The lowest BCUT2D eigenvalue weighted by Gasteiger charge is -2.08. The minimum absolute atomic E-state index is 0.149. The first kappa shape index (κ1) is 12.8. The van der Waals surface area contributed by atoms with Gasteiger partial charge in [-0.1, -0.05) is 11.6 Å². The van der Waals surface area contributed by atoms with Crippen LogP contribution in [0.3, 0.4) is 0 Å². The van der Waals surface area contributed by atoms with E-state index in [9.17, 15) is 9.18 Å². The lowest BCUT2D eigenvalue weighted by Crippen LogP contribution is -2.06. The van der Waals surface area contributed by atoms with E-state index in [0.717, 1.165) is 0 Å². The van der Waals surface area contributed by atoms with E-state index in [1.165, 1.54) is 18.3 Å². The van der Waals surface area contributed by atoms with Crippen LogP contribution in [0.4, 0.5) is 4.39 Å². The molecule has 2 aromatic rings. The van der Waals surface area contributed by atoms with Gasteiger partial charge >= 0.3 is 5.97 Å². The summed E-state index contributed by atoms with van der Waals surface area (Å²) < 4.78 is 18.2. The van der Waals surface area contributed by atoms with Gasteiger partial charge in [-0.2, -0.15) is 0 Å². The van der Waals surface area contributed by atoms with Gasteiger partial charge in [0.05, 0.1) is 22.7 Å². The number of ether oxygens (including phenoxy) is 1. The van der Waals surface area contributed by atoms with E-state index in [-0.39, 0.29) is 17.2 Å². The van der Waals surface area contributed by atoms with Crippen molar-refractivity contribution in [3.63, 3.8) is 0 Å². The topological polar surface area (TPSA) is 39.2 Å². The van der Waals surface area contributed by atoms with Gasteiger partial charge < -0.3 is 4.74 Å². The monoisotopic (exact) mass is 267 g/mol. The first-order valence-corrected chi connectivity index (χ1v) is 5.84. The van der Waals surface area contributed by atoms with Gasteiger partial charge in [0, 0.05) is 11.6 Å². The Balaban J connectivity index is 2.67. The van der Waals surface area contributed by atoms with Crippen LogP contribution in [0.15, 0.2) is 18.3 Å².